The number of piperidine rings is 1. The molecule has 0 aromatic carbocycles. The lowest BCUT2D eigenvalue weighted by molar-refractivity contribution is -0.135. The average molecular weight is 434 g/mol. The van der Waals surface area contributed by atoms with E-state index in [4.69, 9.17) is 9.51 Å². The topological polar surface area (TPSA) is 85.0 Å². The van der Waals surface area contributed by atoms with E-state index in [-0.39, 0.29) is 11.9 Å². The molecule has 1 aliphatic rings. The average Bonchev–Trinajstić information content (AvgIpc) is 3.15. The lowest BCUT2D eigenvalue weighted by Gasteiger charge is -2.36. The lowest BCUT2D eigenvalue weighted by Crippen LogP contribution is -2.39. The number of pyridine rings is 1. The summed E-state index contributed by atoms with van der Waals surface area (Å²) in [4.78, 5) is 29.2. The molecular weight excluding hydrogens is 402 g/mol. The molecular formula is C25H31N5O2. The summed E-state index contributed by atoms with van der Waals surface area (Å²) in [5, 5.41) is 4.02. The van der Waals surface area contributed by atoms with Crippen LogP contribution in [0.4, 0.5) is 0 Å². The molecule has 1 fully saturated rings. The van der Waals surface area contributed by atoms with E-state index in [1.54, 1.807) is 12.4 Å². The highest BCUT2D eigenvalue weighted by Crippen LogP contribution is 2.36. The van der Waals surface area contributed by atoms with Crippen LogP contribution in [-0.2, 0) is 17.6 Å². The van der Waals surface area contributed by atoms with Crippen molar-refractivity contribution in [3.8, 4) is 11.1 Å². The van der Waals surface area contributed by atoms with Crippen LogP contribution in [0.5, 0.6) is 0 Å². The van der Waals surface area contributed by atoms with E-state index in [2.05, 4.69) is 22.0 Å². The zero-order valence-corrected chi connectivity index (χ0v) is 19.2. The summed E-state index contributed by atoms with van der Waals surface area (Å²) < 4.78 is 5.27. The zero-order chi connectivity index (χ0) is 22.5. The molecule has 0 saturated carbocycles. The predicted octanol–water partition coefficient (Wildman–Crippen LogP) is 4.78. The molecule has 7 heteroatoms. The van der Waals surface area contributed by atoms with Gasteiger partial charge in [-0.3, -0.25) is 9.78 Å². The predicted molar refractivity (Wildman–Crippen MR) is 122 cm³/mol. The molecule has 1 saturated heterocycles. The number of rotatable bonds is 7. The Balaban J connectivity index is 1.64. The molecule has 0 bridgehead atoms. The Labute approximate surface area is 189 Å². The molecule has 0 N–H and O–H groups in total. The van der Waals surface area contributed by atoms with E-state index >= 15 is 0 Å². The van der Waals surface area contributed by atoms with Crippen molar-refractivity contribution in [2.24, 2.45) is 0 Å². The van der Waals surface area contributed by atoms with Gasteiger partial charge < -0.3 is 9.42 Å². The van der Waals surface area contributed by atoms with Crippen LogP contribution in [0, 0.1) is 13.8 Å². The van der Waals surface area contributed by atoms with E-state index in [9.17, 15) is 4.79 Å². The Morgan fingerprint density at radius 1 is 1.19 bits per heavy atom. The van der Waals surface area contributed by atoms with Crippen molar-refractivity contribution in [3.63, 3.8) is 0 Å². The van der Waals surface area contributed by atoms with Crippen molar-refractivity contribution in [2.45, 2.75) is 71.8 Å². The number of nitrogens with zero attached hydrogens (tertiary/aromatic N) is 5. The van der Waals surface area contributed by atoms with Crippen LogP contribution in [0.2, 0.25) is 0 Å². The quantitative estimate of drug-likeness (QED) is 0.533. The maximum atomic E-state index is 13.4. The summed E-state index contributed by atoms with van der Waals surface area (Å²) in [5.74, 6) is 1.80. The van der Waals surface area contributed by atoms with E-state index in [1.165, 1.54) is 0 Å². The van der Waals surface area contributed by atoms with Gasteiger partial charge in [-0.2, -0.15) is 0 Å². The van der Waals surface area contributed by atoms with Crippen molar-refractivity contribution >= 4 is 5.91 Å². The third-order valence-corrected chi connectivity index (χ3v) is 6.24. The van der Waals surface area contributed by atoms with Gasteiger partial charge in [0.1, 0.15) is 11.6 Å². The van der Waals surface area contributed by atoms with Crippen LogP contribution in [0.25, 0.3) is 11.1 Å². The Hall–Kier alpha value is -3.09. The van der Waals surface area contributed by atoms with Gasteiger partial charge in [0.05, 0.1) is 17.4 Å². The van der Waals surface area contributed by atoms with Gasteiger partial charge in [-0.05, 0) is 63.6 Å². The molecule has 0 radical (unpaired) electrons. The molecule has 4 rings (SSSR count). The number of hydrogen-bond donors (Lipinski definition) is 0. The summed E-state index contributed by atoms with van der Waals surface area (Å²) in [5.41, 5.74) is 4.89. The molecule has 3 aromatic rings. The van der Waals surface area contributed by atoms with Gasteiger partial charge in [0, 0.05) is 49.1 Å². The summed E-state index contributed by atoms with van der Waals surface area (Å²) in [6.07, 6.45) is 11.4. The SMILES string of the molecule is CCCc1ncc(-c2ccncc2)c(C2CCCCN2C(=O)CCc2c(C)noc2C)n1. The Morgan fingerprint density at radius 2 is 2.00 bits per heavy atom. The number of carbonyl (C=O) groups is 1. The normalized spacial score (nSPS) is 16.3. The number of aromatic nitrogens is 4. The molecule has 0 spiro atoms. The van der Waals surface area contributed by atoms with Crippen LogP contribution < -0.4 is 0 Å². The maximum absolute atomic E-state index is 13.4. The van der Waals surface area contributed by atoms with E-state index in [0.717, 1.165) is 78.3 Å². The molecule has 3 aromatic heterocycles. The Morgan fingerprint density at radius 3 is 2.72 bits per heavy atom. The Kier molecular flexibility index (Phi) is 6.93. The summed E-state index contributed by atoms with van der Waals surface area (Å²) >= 11 is 0. The third kappa shape index (κ3) is 4.71. The lowest BCUT2D eigenvalue weighted by atomic mass is 9.93. The van der Waals surface area contributed by atoms with Crippen LogP contribution in [0.15, 0.2) is 35.2 Å². The molecule has 32 heavy (non-hydrogen) atoms. The minimum atomic E-state index is -0.0392. The first-order valence-electron chi connectivity index (χ1n) is 11.6. The molecule has 0 aliphatic carbocycles. The van der Waals surface area contributed by atoms with Gasteiger partial charge in [0.25, 0.3) is 0 Å². The highest BCUT2D eigenvalue weighted by Gasteiger charge is 2.31. The van der Waals surface area contributed by atoms with Crippen LogP contribution in [0.3, 0.4) is 0 Å². The molecule has 1 atom stereocenters. The molecule has 168 valence electrons. The minimum absolute atomic E-state index is 0.0392. The van der Waals surface area contributed by atoms with E-state index in [1.807, 2.05) is 37.1 Å². The number of amides is 1. The summed E-state index contributed by atoms with van der Waals surface area (Å²) in [6, 6.07) is 3.92. The highest BCUT2D eigenvalue weighted by atomic mass is 16.5. The Bertz CT molecular complexity index is 1040. The molecule has 1 unspecified atom stereocenters. The second kappa shape index (κ2) is 10.0. The summed E-state index contributed by atoms with van der Waals surface area (Å²) in [7, 11) is 0. The smallest absolute Gasteiger partial charge is 0.223 e. The third-order valence-electron chi connectivity index (χ3n) is 6.24. The van der Waals surface area contributed by atoms with Crippen molar-refractivity contribution in [1.82, 2.24) is 25.0 Å². The van der Waals surface area contributed by atoms with Gasteiger partial charge in [-0.25, -0.2) is 9.97 Å². The maximum Gasteiger partial charge on any atom is 0.223 e. The van der Waals surface area contributed by atoms with Gasteiger partial charge in [0.15, 0.2) is 0 Å². The van der Waals surface area contributed by atoms with Crippen LogP contribution >= 0.6 is 0 Å². The first kappa shape index (κ1) is 22.1. The van der Waals surface area contributed by atoms with Crippen molar-refractivity contribution < 1.29 is 9.32 Å². The molecule has 4 heterocycles. The van der Waals surface area contributed by atoms with Crippen molar-refractivity contribution in [3.05, 3.63) is 59.3 Å². The fourth-order valence-electron chi connectivity index (χ4n) is 4.53. The first-order chi connectivity index (χ1) is 15.6. The number of likely N-dealkylation sites (tertiary alicyclic amines) is 1. The molecule has 7 nitrogen and oxygen atoms in total. The first-order valence-corrected chi connectivity index (χ1v) is 11.6. The monoisotopic (exact) mass is 433 g/mol. The fraction of sp³-hybridized carbons (Fsp3) is 0.480. The van der Waals surface area contributed by atoms with Crippen molar-refractivity contribution in [2.75, 3.05) is 6.54 Å². The minimum Gasteiger partial charge on any atom is -0.361 e. The fourth-order valence-corrected chi connectivity index (χ4v) is 4.53. The second-order valence-corrected chi connectivity index (χ2v) is 8.47. The largest absolute Gasteiger partial charge is 0.361 e. The standard InChI is InChI=1S/C25H31N5O2/c1-4-7-23-27-16-21(19-11-13-26-14-12-19)25(28-23)22-8-5-6-15-30(22)24(31)10-9-20-17(2)29-32-18(20)3/h11-14,16,22H,4-10,15H2,1-3H3. The number of carbonyl (C=O) groups excluding carboxylic acids is 1. The van der Waals surface area contributed by atoms with E-state index < -0.39 is 0 Å². The van der Waals surface area contributed by atoms with Crippen LogP contribution in [0.1, 0.15) is 73.6 Å². The van der Waals surface area contributed by atoms with Crippen molar-refractivity contribution in [1.29, 1.82) is 0 Å². The van der Waals surface area contributed by atoms with Crippen LogP contribution in [-0.4, -0.2) is 37.5 Å². The molecule has 1 aliphatic heterocycles. The number of hydrogen-bond acceptors (Lipinski definition) is 6. The molecule has 1 amide bonds. The highest BCUT2D eigenvalue weighted by molar-refractivity contribution is 5.78. The second-order valence-electron chi connectivity index (χ2n) is 8.47. The summed E-state index contributed by atoms with van der Waals surface area (Å²) in [6.45, 7) is 6.72. The zero-order valence-electron chi connectivity index (χ0n) is 19.2. The van der Waals surface area contributed by atoms with Gasteiger partial charge in [0.2, 0.25) is 5.91 Å². The van der Waals surface area contributed by atoms with Gasteiger partial charge in [-0.1, -0.05) is 12.1 Å². The van der Waals surface area contributed by atoms with E-state index in [0.29, 0.717) is 12.8 Å². The number of aryl methyl sites for hydroxylation is 3. The van der Waals surface area contributed by atoms with Gasteiger partial charge in [-0.15, -0.1) is 0 Å². The van der Waals surface area contributed by atoms with Gasteiger partial charge >= 0.3 is 0 Å².